The van der Waals surface area contributed by atoms with E-state index in [4.69, 9.17) is 9.47 Å². The van der Waals surface area contributed by atoms with Gasteiger partial charge in [-0.15, -0.1) is 0 Å². The third kappa shape index (κ3) is 6.40. The highest BCUT2D eigenvalue weighted by Crippen LogP contribution is 2.43. The van der Waals surface area contributed by atoms with Gasteiger partial charge in [-0.3, -0.25) is 9.59 Å². The molecule has 5 nitrogen and oxygen atoms in total. The van der Waals surface area contributed by atoms with Crippen LogP contribution in [-0.2, 0) is 6.54 Å². The summed E-state index contributed by atoms with van der Waals surface area (Å²) in [6.07, 6.45) is 18.0. The lowest BCUT2D eigenvalue weighted by atomic mass is 10.0. The molecule has 3 aromatic rings. The summed E-state index contributed by atoms with van der Waals surface area (Å²) < 4.78 is 12.9. The van der Waals surface area contributed by atoms with Crippen LogP contribution in [0.1, 0.15) is 113 Å². The second kappa shape index (κ2) is 14.3. The largest absolute Gasteiger partial charge is 0.493 e. The first-order valence-corrected chi connectivity index (χ1v) is 15.1. The zero-order valence-electron chi connectivity index (χ0n) is 24.2. The summed E-state index contributed by atoms with van der Waals surface area (Å²) in [5, 5.41) is 1.05. The molecule has 4 rings (SSSR count). The first-order valence-electron chi connectivity index (χ1n) is 15.1. The number of rotatable bonds is 17. The minimum atomic E-state index is -0.126. The maximum atomic E-state index is 13.9. The number of carbonyl (C=O) groups is 1. The van der Waals surface area contributed by atoms with E-state index >= 15 is 0 Å². The maximum Gasteiger partial charge on any atom is 0.262 e. The number of nitrogens with zero attached hydrogens (tertiary/aromatic N) is 1. The average Bonchev–Trinajstić information content (AvgIpc) is 3.26. The summed E-state index contributed by atoms with van der Waals surface area (Å²) in [6.45, 7) is 2.85. The lowest BCUT2D eigenvalue weighted by molar-refractivity contribution is 0.104. The highest BCUT2D eigenvalue weighted by atomic mass is 16.5. The Hall–Kier alpha value is -3.08. The van der Waals surface area contributed by atoms with Crippen molar-refractivity contribution in [1.29, 1.82) is 0 Å². The SMILES string of the molecule is CCCCCCCCCCCCCCCCn1c2c(c3ccc(OC)c(OC)c3c1=O)C(=O)c1ccccc1-2. The lowest BCUT2D eigenvalue weighted by Crippen LogP contribution is -2.24. The van der Waals surface area contributed by atoms with Gasteiger partial charge in [-0.2, -0.15) is 0 Å². The van der Waals surface area contributed by atoms with Crippen molar-refractivity contribution in [1.82, 2.24) is 4.57 Å². The average molecular weight is 532 g/mol. The fourth-order valence-electron chi connectivity index (χ4n) is 6.06. The van der Waals surface area contributed by atoms with Gasteiger partial charge in [0.05, 0.1) is 30.9 Å². The molecule has 1 aliphatic rings. The second-order valence-electron chi connectivity index (χ2n) is 10.9. The van der Waals surface area contributed by atoms with E-state index in [0.717, 1.165) is 24.1 Å². The van der Waals surface area contributed by atoms with Crippen molar-refractivity contribution >= 4 is 16.6 Å². The van der Waals surface area contributed by atoms with Crippen LogP contribution in [0.4, 0.5) is 0 Å². The molecule has 0 aliphatic heterocycles. The summed E-state index contributed by atoms with van der Waals surface area (Å²) in [5.41, 5.74) is 2.71. The number of benzene rings is 2. The van der Waals surface area contributed by atoms with Crippen LogP contribution >= 0.6 is 0 Å². The van der Waals surface area contributed by atoms with Gasteiger partial charge in [0.15, 0.2) is 17.3 Å². The Labute approximate surface area is 233 Å². The van der Waals surface area contributed by atoms with Gasteiger partial charge in [-0.25, -0.2) is 0 Å². The van der Waals surface area contributed by atoms with Gasteiger partial charge in [-0.05, 0) is 18.6 Å². The Bertz CT molecular complexity index is 1320. The second-order valence-corrected chi connectivity index (χ2v) is 10.9. The smallest absolute Gasteiger partial charge is 0.262 e. The van der Waals surface area contributed by atoms with E-state index in [1.807, 2.05) is 34.9 Å². The summed E-state index contributed by atoms with van der Waals surface area (Å²) >= 11 is 0. The minimum Gasteiger partial charge on any atom is -0.493 e. The number of hydrogen-bond donors (Lipinski definition) is 0. The lowest BCUT2D eigenvalue weighted by Gasteiger charge is -2.17. The van der Waals surface area contributed by atoms with Gasteiger partial charge in [0, 0.05) is 23.1 Å². The van der Waals surface area contributed by atoms with Crippen molar-refractivity contribution in [3.63, 3.8) is 0 Å². The molecule has 0 radical (unpaired) electrons. The van der Waals surface area contributed by atoms with Gasteiger partial charge < -0.3 is 14.0 Å². The van der Waals surface area contributed by atoms with Gasteiger partial charge in [-0.1, -0.05) is 115 Å². The molecule has 0 N–H and O–H groups in total. The molecule has 1 aliphatic carbocycles. The Morgan fingerprint density at radius 1 is 0.667 bits per heavy atom. The van der Waals surface area contributed by atoms with E-state index in [1.165, 1.54) is 77.0 Å². The molecule has 2 aromatic carbocycles. The van der Waals surface area contributed by atoms with E-state index in [-0.39, 0.29) is 11.3 Å². The fourth-order valence-corrected chi connectivity index (χ4v) is 6.06. The molecule has 0 saturated heterocycles. The Morgan fingerprint density at radius 3 is 1.79 bits per heavy atom. The minimum absolute atomic E-state index is 0.0347. The number of methoxy groups -OCH3 is 2. The van der Waals surface area contributed by atoms with Crippen molar-refractivity contribution in [3.8, 4) is 22.8 Å². The van der Waals surface area contributed by atoms with Gasteiger partial charge in [0.2, 0.25) is 0 Å². The Kier molecular flexibility index (Phi) is 10.6. The quantitative estimate of drug-likeness (QED) is 0.128. The van der Waals surface area contributed by atoms with Crippen LogP contribution in [0, 0.1) is 0 Å². The molecule has 0 fully saturated rings. The molecule has 39 heavy (non-hydrogen) atoms. The predicted octanol–water partition coefficient (Wildman–Crippen LogP) is 8.71. The van der Waals surface area contributed by atoms with Crippen molar-refractivity contribution in [2.45, 2.75) is 103 Å². The van der Waals surface area contributed by atoms with Crippen LogP contribution in [0.2, 0.25) is 0 Å². The normalized spacial score (nSPS) is 12.1. The standard InChI is InChI=1S/C34H45NO4/c1-4-5-6-7-8-9-10-11-12-13-14-15-16-19-24-35-31-25-20-17-18-21-26(25)32(36)29(31)27-22-23-28(38-2)33(39-3)30(27)34(35)37/h17-18,20-23H,4-16,19,24H2,1-3H3. The van der Waals surface area contributed by atoms with Crippen molar-refractivity contribution < 1.29 is 14.3 Å². The van der Waals surface area contributed by atoms with Gasteiger partial charge in [0.25, 0.3) is 5.56 Å². The summed E-state index contributed by atoms with van der Waals surface area (Å²) in [4.78, 5) is 27.5. The van der Waals surface area contributed by atoms with Crippen LogP contribution in [-0.4, -0.2) is 24.6 Å². The zero-order chi connectivity index (χ0) is 27.6. The summed E-state index contributed by atoms with van der Waals surface area (Å²) in [7, 11) is 3.10. The summed E-state index contributed by atoms with van der Waals surface area (Å²) in [6, 6.07) is 11.2. The van der Waals surface area contributed by atoms with Crippen LogP contribution in [0.5, 0.6) is 11.5 Å². The first-order chi connectivity index (χ1) is 19.1. The molecule has 0 spiro atoms. The Balaban J connectivity index is 1.40. The summed E-state index contributed by atoms with van der Waals surface area (Å²) in [5.74, 6) is 0.849. The molecule has 0 atom stereocenters. The van der Waals surface area contributed by atoms with Crippen molar-refractivity contribution in [2.75, 3.05) is 14.2 Å². The van der Waals surface area contributed by atoms with Crippen LogP contribution in [0.3, 0.4) is 0 Å². The highest BCUT2D eigenvalue weighted by molar-refractivity contribution is 6.27. The molecule has 210 valence electrons. The van der Waals surface area contributed by atoms with E-state index in [0.29, 0.717) is 39.9 Å². The number of aromatic nitrogens is 1. The molecular formula is C34H45NO4. The molecular weight excluding hydrogens is 486 g/mol. The topological polar surface area (TPSA) is 57.5 Å². The van der Waals surface area contributed by atoms with Gasteiger partial charge in [0.1, 0.15) is 0 Å². The van der Waals surface area contributed by atoms with Gasteiger partial charge >= 0.3 is 0 Å². The molecule has 0 saturated carbocycles. The zero-order valence-corrected chi connectivity index (χ0v) is 24.2. The predicted molar refractivity (Wildman–Crippen MR) is 160 cm³/mol. The molecule has 0 bridgehead atoms. The van der Waals surface area contributed by atoms with Crippen LogP contribution in [0.25, 0.3) is 22.0 Å². The van der Waals surface area contributed by atoms with E-state index < -0.39 is 0 Å². The van der Waals surface area contributed by atoms with Crippen molar-refractivity contribution in [3.05, 3.63) is 57.9 Å². The highest BCUT2D eigenvalue weighted by Gasteiger charge is 2.33. The van der Waals surface area contributed by atoms with E-state index in [1.54, 1.807) is 20.3 Å². The fraction of sp³-hybridized carbons (Fsp3) is 0.529. The Morgan fingerprint density at radius 2 is 1.23 bits per heavy atom. The molecule has 0 amide bonds. The number of unbranched alkanes of at least 4 members (excludes halogenated alkanes) is 13. The van der Waals surface area contributed by atoms with Crippen LogP contribution < -0.4 is 15.0 Å². The third-order valence-electron chi connectivity index (χ3n) is 8.17. The first kappa shape index (κ1) is 28.9. The molecule has 1 heterocycles. The van der Waals surface area contributed by atoms with Crippen molar-refractivity contribution in [2.24, 2.45) is 0 Å². The molecule has 0 unspecified atom stereocenters. The van der Waals surface area contributed by atoms with Crippen LogP contribution in [0.15, 0.2) is 41.2 Å². The molecule has 1 aromatic heterocycles. The maximum absolute atomic E-state index is 13.9. The van der Waals surface area contributed by atoms with E-state index in [2.05, 4.69) is 6.92 Å². The number of fused-ring (bicyclic) bond motifs is 5. The number of carbonyl (C=O) groups excluding carboxylic acids is 1. The monoisotopic (exact) mass is 531 g/mol. The third-order valence-corrected chi connectivity index (χ3v) is 8.17. The number of hydrogen-bond acceptors (Lipinski definition) is 4. The molecule has 5 heteroatoms. The number of ether oxygens (including phenoxy) is 2. The number of pyridine rings is 1. The van der Waals surface area contributed by atoms with E-state index in [9.17, 15) is 9.59 Å². The number of ketones is 1.